The van der Waals surface area contributed by atoms with Crippen LogP contribution in [0.4, 0.5) is 0 Å². The summed E-state index contributed by atoms with van der Waals surface area (Å²) in [5.74, 6) is 2.25. The molecule has 186 valence electrons. The van der Waals surface area contributed by atoms with Gasteiger partial charge in [0.05, 0.1) is 38.9 Å². The van der Waals surface area contributed by atoms with Gasteiger partial charge in [-0.05, 0) is 36.6 Å². The van der Waals surface area contributed by atoms with Crippen molar-refractivity contribution in [2.24, 2.45) is 5.92 Å². The number of aromatic amines is 1. The molecule has 8 nitrogen and oxygen atoms in total. The number of fused-ring (bicyclic) bond motifs is 1. The van der Waals surface area contributed by atoms with Crippen LogP contribution in [0.15, 0.2) is 28.4 Å². The van der Waals surface area contributed by atoms with Crippen LogP contribution in [-0.4, -0.2) is 66.6 Å². The number of hydrogen-bond acceptors (Lipinski definition) is 8. The van der Waals surface area contributed by atoms with E-state index in [0.29, 0.717) is 59.8 Å². The van der Waals surface area contributed by atoms with Crippen molar-refractivity contribution in [3.05, 3.63) is 39.8 Å². The number of H-pyrrole nitrogens is 1. The molecule has 9 heteroatoms. The highest BCUT2D eigenvalue weighted by molar-refractivity contribution is 7.17. The van der Waals surface area contributed by atoms with Gasteiger partial charge in [-0.15, -0.1) is 11.3 Å². The van der Waals surface area contributed by atoms with Gasteiger partial charge in [-0.25, -0.2) is 4.98 Å². The van der Waals surface area contributed by atoms with E-state index in [9.17, 15) is 9.90 Å². The Labute approximate surface area is 204 Å². The molecule has 2 heterocycles. The van der Waals surface area contributed by atoms with Gasteiger partial charge in [0.15, 0.2) is 11.5 Å². The fraction of sp³-hybridized carbons (Fsp3) is 0.520. The first-order valence-electron chi connectivity index (χ1n) is 11.6. The summed E-state index contributed by atoms with van der Waals surface area (Å²) in [7, 11) is 3.18. The Morgan fingerprint density at radius 2 is 1.94 bits per heavy atom. The molecule has 1 aromatic carbocycles. The smallest absolute Gasteiger partial charge is 0.260 e. The summed E-state index contributed by atoms with van der Waals surface area (Å²) in [5, 5.41) is 12.9. The molecule has 0 aliphatic heterocycles. The second-order valence-electron chi connectivity index (χ2n) is 8.73. The maximum absolute atomic E-state index is 13.1. The molecule has 0 spiro atoms. The van der Waals surface area contributed by atoms with Crippen LogP contribution in [0, 0.1) is 5.92 Å². The third-order valence-electron chi connectivity index (χ3n) is 5.33. The van der Waals surface area contributed by atoms with E-state index in [0.717, 1.165) is 24.1 Å². The number of rotatable bonds is 13. The molecular formula is C25H35N3O5S. The Morgan fingerprint density at radius 1 is 1.18 bits per heavy atom. The van der Waals surface area contributed by atoms with Crippen LogP contribution in [-0.2, 0) is 11.3 Å². The van der Waals surface area contributed by atoms with Gasteiger partial charge >= 0.3 is 0 Å². The minimum Gasteiger partial charge on any atom is -0.493 e. The highest BCUT2D eigenvalue weighted by Crippen LogP contribution is 2.36. The van der Waals surface area contributed by atoms with Crippen LogP contribution in [0.2, 0.25) is 0 Å². The zero-order valence-corrected chi connectivity index (χ0v) is 21.4. The second-order valence-corrected chi connectivity index (χ2v) is 9.59. The lowest BCUT2D eigenvalue weighted by atomic mass is 10.1. The predicted octanol–water partition coefficient (Wildman–Crippen LogP) is 3.91. The number of aliphatic hydroxyl groups excluding tert-OH is 1. The summed E-state index contributed by atoms with van der Waals surface area (Å²) in [6.45, 7) is 8.84. The summed E-state index contributed by atoms with van der Waals surface area (Å²) >= 11 is 1.44. The Balaban J connectivity index is 1.80. The van der Waals surface area contributed by atoms with Gasteiger partial charge in [0, 0.05) is 24.1 Å². The van der Waals surface area contributed by atoms with Crippen LogP contribution in [0.1, 0.15) is 33.0 Å². The van der Waals surface area contributed by atoms with Gasteiger partial charge in [0.1, 0.15) is 10.7 Å². The molecule has 2 N–H and O–H groups in total. The summed E-state index contributed by atoms with van der Waals surface area (Å²) in [6.07, 6.45) is 0.327. The molecule has 0 unspecified atom stereocenters. The summed E-state index contributed by atoms with van der Waals surface area (Å²) < 4.78 is 16.3. The number of ether oxygens (including phenoxy) is 3. The number of hydrogen-bond donors (Lipinski definition) is 2. The number of thiophene rings is 1. The number of aliphatic hydroxyl groups is 1. The lowest BCUT2D eigenvalue weighted by Crippen LogP contribution is -2.36. The van der Waals surface area contributed by atoms with E-state index in [1.54, 1.807) is 14.2 Å². The van der Waals surface area contributed by atoms with Crippen molar-refractivity contribution >= 4 is 21.6 Å². The van der Waals surface area contributed by atoms with Gasteiger partial charge in [0.25, 0.3) is 5.56 Å². The van der Waals surface area contributed by atoms with E-state index < -0.39 is 6.10 Å². The van der Waals surface area contributed by atoms with Crippen molar-refractivity contribution in [3.8, 4) is 22.6 Å². The van der Waals surface area contributed by atoms with Gasteiger partial charge in [0.2, 0.25) is 0 Å². The van der Waals surface area contributed by atoms with Gasteiger partial charge in [-0.2, -0.15) is 0 Å². The first-order valence-corrected chi connectivity index (χ1v) is 12.4. The van der Waals surface area contributed by atoms with Gasteiger partial charge in [-0.1, -0.05) is 26.8 Å². The molecule has 0 amide bonds. The molecule has 3 rings (SSSR count). The SMILES string of the molecule is CCCN(Cc1nc2scc(-c3ccc(OC)c(OC)c3)c2c(=O)[nH]1)C[C@H](O)COCC(C)C. The maximum atomic E-state index is 13.1. The lowest BCUT2D eigenvalue weighted by Gasteiger charge is -2.24. The van der Waals surface area contributed by atoms with Crippen LogP contribution in [0.5, 0.6) is 11.5 Å². The van der Waals surface area contributed by atoms with Crippen LogP contribution < -0.4 is 15.0 Å². The molecule has 0 fully saturated rings. The first-order chi connectivity index (χ1) is 16.4. The highest BCUT2D eigenvalue weighted by atomic mass is 32.1. The molecule has 1 atom stereocenters. The Hall–Kier alpha value is -2.46. The van der Waals surface area contributed by atoms with Crippen molar-refractivity contribution in [3.63, 3.8) is 0 Å². The lowest BCUT2D eigenvalue weighted by molar-refractivity contribution is 0.00657. The number of nitrogens with zero attached hydrogens (tertiary/aromatic N) is 2. The zero-order valence-electron chi connectivity index (χ0n) is 20.6. The summed E-state index contributed by atoms with van der Waals surface area (Å²) in [4.78, 5) is 23.5. The minimum atomic E-state index is -0.598. The Bertz CT molecular complexity index is 1130. The molecule has 2 aromatic heterocycles. The standard InChI is InChI=1S/C25H35N3O5S/c1-6-9-28(11-18(29)14-33-13-16(2)3)12-22-26-24(30)23-19(15-34-25(23)27-22)17-7-8-20(31-4)21(10-17)32-5/h7-8,10,15-16,18,29H,6,9,11-14H2,1-5H3,(H,26,27,30)/t18-/m0/s1. The molecule has 0 saturated heterocycles. The van der Waals surface area contributed by atoms with E-state index in [1.807, 2.05) is 23.6 Å². The normalized spacial score (nSPS) is 12.6. The van der Waals surface area contributed by atoms with Crippen molar-refractivity contribution in [1.29, 1.82) is 0 Å². The van der Waals surface area contributed by atoms with E-state index >= 15 is 0 Å². The average Bonchev–Trinajstić information content (AvgIpc) is 3.23. The summed E-state index contributed by atoms with van der Waals surface area (Å²) in [5.41, 5.74) is 1.49. The largest absolute Gasteiger partial charge is 0.493 e. The first kappa shape index (κ1) is 26.2. The molecule has 0 bridgehead atoms. The van der Waals surface area contributed by atoms with Crippen LogP contribution in [0.3, 0.4) is 0 Å². The third kappa shape index (κ3) is 6.56. The summed E-state index contributed by atoms with van der Waals surface area (Å²) in [6, 6.07) is 5.59. The molecule has 0 radical (unpaired) electrons. The number of nitrogens with one attached hydrogen (secondary N) is 1. The van der Waals surface area contributed by atoms with Gasteiger partial charge in [-0.3, -0.25) is 9.69 Å². The van der Waals surface area contributed by atoms with Crippen molar-refractivity contribution < 1.29 is 19.3 Å². The van der Waals surface area contributed by atoms with Gasteiger partial charge < -0.3 is 24.3 Å². The molecule has 3 aromatic rings. The second kappa shape index (κ2) is 12.3. The number of benzene rings is 1. The van der Waals surface area contributed by atoms with Crippen molar-refractivity contribution in [2.45, 2.75) is 39.8 Å². The Kier molecular flexibility index (Phi) is 9.46. The maximum Gasteiger partial charge on any atom is 0.260 e. The fourth-order valence-electron chi connectivity index (χ4n) is 3.84. The molecule has 0 aliphatic carbocycles. The number of methoxy groups -OCH3 is 2. The fourth-order valence-corrected chi connectivity index (χ4v) is 4.80. The predicted molar refractivity (Wildman–Crippen MR) is 136 cm³/mol. The highest BCUT2D eigenvalue weighted by Gasteiger charge is 2.17. The molecule has 0 aliphatic rings. The monoisotopic (exact) mass is 489 g/mol. The van der Waals surface area contributed by atoms with Crippen LogP contribution >= 0.6 is 11.3 Å². The third-order valence-corrected chi connectivity index (χ3v) is 6.20. The zero-order chi connectivity index (χ0) is 24.7. The van der Waals surface area contributed by atoms with E-state index in [-0.39, 0.29) is 5.56 Å². The number of aromatic nitrogens is 2. The van der Waals surface area contributed by atoms with Crippen molar-refractivity contribution in [2.75, 3.05) is 40.5 Å². The molecule has 34 heavy (non-hydrogen) atoms. The van der Waals surface area contributed by atoms with Crippen molar-refractivity contribution in [1.82, 2.24) is 14.9 Å². The van der Waals surface area contributed by atoms with E-state index in [4.69, 9.17) is 19.2 Å². The van der Waals surface area contributed by atoms with E-state index in [1.165, 1.54) is 11.3 Å². The Morgan fingerprint density at radius 3 is 2.62 bits per heavy atom. The topological polar surface area (TPSA) is 96.9 Å². The minimum absolute atomic E-state index is 0.178. The molecule has 0 saturated carbocycles. The quantitative estimate of drug-likeness (QED) is 0.376. The molecular weight excluding hydrogens is 454 g/mol. The van der Waals surface area contributed by atoms with E-state index in [2.05, 4.69) is 30.7 Å². The average molecular weight is 490 g/mol. The van der Waals surface area contributed by atoms with Crippen LogP contribution in [0.25, 0.3) is 21.3 Å².